The van der Waals surface area contributed by atoms with Crippen LogP contribution in [0.1, 0.15) is 29.8 Å². The quantitative estimate of drug-likeness (QED) is 0.816. The van der Waals surface area contributed by atoms with E-state index >= 15 is 0 Å². The number of carboxylic acid groups (broad SMARTS) is 1. The number of para-hydroxylation sites is 1. The van der Waals surface area contributed by atoms with Gasteiger partial charge in [0.1, 0.15) is 11.5 Å². The van der Waals surface area contributed by atoms with Crippen molar-refractivity contribution in [2.75, 3.05) is 19.7 Å². The number of halogens is 1. The van der Waals surface area contributed by atoms with Crippen LogP contribution in [0.15, 0.2) is 36.5 Å². The van der Waals surface area contributed by atoms with Gasteiger partial charge in [0.05, 0.1) is 12.5 Å². The summed E-state index contributed by atoms with van der Waals surface area (Å²) in [6, 6.07) is 7.63. The van der Waals surface area contributed by atoms with Crippen molar-refractivity contribution in [3.8, 4) is 5.69 Å². The Labute approximate surface area is 150 Å². The van der Waals surface area contributed by atoms with E-state index in [2.05, 4.69) is 5.10 Å². The van der Waals surface area contributed by atoms with Gasteiger partial charge in [-0.25, -0.2) is 9.07 Å². The van der Waals surface area contributed by atoms with E-state index in [9.17, 15) is 14.0 Å². The molecule has 3 rings (SSSR count). The first-order valence-corrected chi connectivity index (χ1v) is 8.48. The fourth-order valence-electron chi connectivity index (χ4n) is 2.91. The molecule has 1 aromatic carbocycles. The molecule has 8 heteroatoms. The molecule has 1 aromatic heterocycles. The van der Waals surface area contributed by atoms with E-state index in [4.69, 9.17) is 9.84 Å². The number of carbonyl (C=O) groups is 2. The van der Waals surface area contributed by atoms with Crippen LogP contribution in [0.25, 0.3) is 5.69 Å². The Kier molecular flexibility index (Phi) is 5.62. The van der Waals surface area contributed by atoms with Crippen LogP contribution in [0.5, 0.6) is 0 Å². The molecule has 1 unspecified atom stereocenters. The number of hydrogen-bond donors (Lipinski definition) is 1. The molecular weight excluding hydrogens is 341 g/mol. The summed E-state index contributed by atoms with van der Waals surface area (Å²) >= 11 is 0. The van der Waals surface area contributed by atoms with Crippen LogP contribution in [0.4, 0.5) is 4.39 Å². The van der Waals surface area contributed by atoms with E-state index < -0.39 is 17.7 Å². The van der Waals surface area contributed by atoms with Crippen molar-refractivity contribution in [3.05, 3.63) is 48.0 Å². The van der Waals surface area contributed by atoms with E-state index in [-0.39, 0.29) is 30.5 Å². The number of carbonyl (C=O) groups excluding carboxylic acids is 1. The second kappa shape index (κ2) is 8.09. The highest BCUT2D eigenvalue weighted by Crippen LogP contribution is 2.16. The fraction of sp³-hybridized carbons (Fsp3) is 0.389. The molecule has 2 heterocycles. The van der Waals surface area contributed by atoms with Crippen LogP contribution in [0.3, 0.4) is 0 Å². The third kappa shape index (κ3) is 4.26. The van der Waals surface area contributed by atoms with Crippen molar-refractivity contribution in [1.29, 1.82) is 0 Å². The number of rotatable bonds is 7. The van der Waals surface area contributed by atoms with Gasteiger partial charge in [0.2, 0.25) is 0 Å². The molecule has 1 N–H and O–H groups in total. The highest BCUT2D eigenvalue weighted by atomic mass is 19.1. The lowest BCUT2D eigenvalue weighted by atomic mass is 10.2. The molecule has 138 valence electrons. The van der Waals surface area contributed by atoms with Crippen LogP contribution >= 0.6 is 0 Å². The van der Waals surface area contributed by atoms with E-state index in [1.807, 2.05) is 0 Å². The highest BCUT2D eigenvalue weighted by molar-refractivity contribution is 5.92. The number of carboxylic acids is 1. The van der Waals surface area contributed by atoms with Crippen molar-refractivity contribution in [3.63, 3.8) is 0 Å². The molecule has 1 fully saturated rings. The molecule has 0 radical (unpaired) electrons. The van der Waals surface area contributed by atoms with Gasteiger partial charge in [0, 0.05) is 25.9 Å². The molecule has 7 nitrogen and oxygen atoms in total. The van der Waals surface area contributed by atoms with Crippen molar-refractivity contribution >= 4 is 11.9 Å². The lowest BCUT2D eigenvalue weighted by Crippen LogP contribution is -2.39. The topological polar surface area (TPSA) is 84.7 Å². The molecule has 0 aliphatic carbocycles. The first-order chi connectivity index (χ1) is 12.5. The second-order valence-corrected chi connectivity index (χ2v) is 6.13. The van der Waals surface area contributed by atoms with Crippen LogP contribution in [0, 0.1) is 5.82 Å². The maximum atomic E-state index is 13.9. The van der Waals surface area contributed by atoms with Crippen molar-refractivity contribution < 1.29 is 23.8 Å². The molecule has 1 aliphatic heterocycles. The highest BCUT2D eigenvalue weighted by Gasteiger charge is 2.25. The first-order valence-electron chi connectivity index (χ1n) is 8.48. The van der Waals surface area contributed by atoms with E-state index in [0.717, 1.165) is 12.8 Å². The summed E-state index contributed by atoms with van der Waals surface area (Å²) in [6.45, 7) is 1.03. The van der Waals surface area contributed by atoms with E-state index in [1.54, 1.807) is 18.2 Å². The van der Waals surface area contributed by atoms with Gasteiger partial charge in [0.15, 0.2) is 5.69 Å². The van der Waals surface area contributed by atoms with Crippen LogP contribution < -0.4 is 0 Å². The Hall–Kier alpha value is -2.74. The molecule has 2 aromatic rings. The average molecular weight is 361 g/mol. The summed E-state index contributed by atoms with van der Waals surface area (Å²) in [6.07, 6.45) is 3.01. The predicted octanol–water partition coefficient (Wildman–Crippen LogP) is 2.11. The Morgan fingerprint density at radius 1 is 1.35 bits per heavy atom. The average Bonchev–Trinajstić information content (AvgIpc) is 3.30. The number of ether oxygens (including phenoxy) is 1. The zero-order valence-electron chi connectivity index (χ0n) is 14.2. The number of nitrogens with zero attached hydrogens (tertiary/aromatic N) is 3. The molecule has 26 heavy (non-hydrogen) atoms. The lowest BCUT2D eigenvalue weighted by molar-refractivity contribution is -0.137. The Bertz CT molecular complexity index is 786. The van der Waals surface area contributed by atoms with Gasteiger partial charge in [-0.15, -0.1) is 0 Å². The summed E-state index contributed by atoms with van der Waals surface area (Å²) in [5.41, 5.74) is 0.374. The van der Waals surface area contributed by atoms with E-state index in [1.165, 1.54) is 27.9 Å². The number of aliphatic carboxylic acids is 1. The minimum atomic E-state index is -0.980. The molecule has 0 spiro atoms. The third-order valence-electron chi connectivity index (χ3n) is 4.24. The summed E-state index contributed by atoms with van der Waals surface area (Å²) in [5, 5.41) is 13.1. The summed E-state index contributed by atoms with van der Waals surface area (Å²) in [4.78, 5) is 25.1. The number of benzene rings is 1. The van der Waals surface area contributed by atoms with Gasteiger partial charge in [-0.1, -0.05) is 12.1 Å². The lowest BCUT2D eigenvalue weighted by Gasteiger charge is -2.24. The van der Waals surface area contributed by atoms with Gasteiger partial charge in [-0.2, -0.15) is 5.10 Å². The van der Waals surface area contributed by atoms with Crippen LogP contribution in [-0.4, -0.2) is 57.5 Å². The van der Waals surface area contributed by atoms with Gasteiger partial charge < -0.3 is 14.7 Å². The van der Waals surface area contributed by atoms with Gasteiger partial charge >= 0.3 is 5.97 Å². The van der Waals surface area contributed by atoms with Crippen LogP contribution in [0.2, 0.25) is 0 Å². The molecule has 0 saturated carbocycles. The molecule has 1 aliphatic rings. The predicted molar refractivity (Wildman–Crippen MR) is 90.7 cm³/mol. The van der Waals surface area contributed by atoms with Gasteiger partial charge in [-0.05, 0) is 31.0 Å². The van der Waals surface area contributed by atoms with Crippen molar-refractivity contribution in [2.24, 2.45) is 0 Å². The number of amides is 1. The normalized spacial score (nSPS) is 16.6. The van der Waals surface area contributed by atoms with Gasteiger partial charge in [-0.3, -0.25) is 9.59 Å². The maximum Gasteiger partial charge on any atom is 0.305 e. The second-order valence-electron chi connectivity index (χ2n) is 6.13. The smallest absolute Gasteiger partial charge is 0.305 e. The third-order valence-corrected chi connectivity index (χ3v) is 4.24. The first kappa shape index (κ1) is 18.1. The number of aromatic nitrogens is 2. The van der Waals surface area contributed by atoms with Gasteiger partial charge in [0.25, 0.3) is 5.91 Å². The maximum absolute atomic E-state index is 13.9. The molecule has 1 amide bonds. The monoisotopic (exact) mass is 361 g/mol. The molecule has 0 bridgehead atoms. The number of hydrogen-bond acceptors (Lipinski definition) is 4. The summed E-state index contributed by atoms with van der Waals surface area (Å²) in [5.74, 6) is -1.82. The zero-order chi connectivity index (χ0) is 18.5. The van der Waals surface area contributed by atoms with Crippen molar-refractivity contribution in [2.45, 2.75) is 25.4 Å². The Morgan fingerprint density at radius 3 is 2.85 bits per heavy atom. The van der Waals surface area contributed by atoms with Crippen molar-refractivity contribution in [1.82, 2.24) is 14.7 Å². The molecule has 1 atom stereocenters. The summed E-state index contributed by atoms with van der Waals surface area (Å²) in [7, 11) is 0. The largest absolute Gasteiger partial charge is 0.481 e. The molecular formula is C18H20FN3O4. The van der Waals surface area contributed by atoms with Crippen LogP contribution in [-0.2, 0) is 9.53 Å². The Balaban J connectivity index is 1.77. The minimum absolute atomic E-state index is 0.0700. The van der Waals surface area contributed by atoms with E-state index in [0.29, 0.717) is 13.2 Å². The standard InChI is InChI=1S/C18H20FN3O4/c19-14-5-1-2-6-16(14)22-10-7-15(20-22)18(25)21(9-8-17(23)24)12-13-4-3-11-26-13/h1-2,5-7,10,13H,3-4,8-9,11-12H2,(H,23,24). The fourth-order valence-corrected chi connectivity index (χ4v) is 2.91. The zero-order valence-corrected chi connectivity index (χ0v) is 14.2. The molecule has 1 saturated heterocycles. The summed E-state index contributed by atoms with van der Waals surface area (Å²) < 4.78 is 20.7. The Morgan fingerprint density at radius 2 is 2.15 bits per heavy atom. The minimum Gasteiger partial charge on any atom is -0.481 e. The SMILES string of the molecule is O=C(O)CCN(CC1CCCO1)C(=O)c1ccn(-c2ccccc2F)n1.